The van der Waals surface area contributed by atoms with Gasteiger partial charge in [0.1, 0.15) is 6.33 Å². The van der Waals surface area contributed by atoms with E-state index in [-0.39, 0.29) is 5.95 Å². The van der Waals surface area contributed by atoms with Crippen LogP contribution in [0.2, 0.25) is 0 Å². The highest BCUT2D eigenvalue weighted by Gasteiger charge is 2.04. The first-order valence-corrected chi connectivity index (χ1v) is 3.79. The van der Waals surface area contributed by atoms with E-state index < -0.39 is 11.6 Å². The highest BCUT2D eigenvalue weighted by Crippen LogP contribution is 2.11. The largest absolute Gasteiger partial charge is 0.366 e. The summed E-state index contributed by atoms with van der Waals surface area (Å²) in [6.45, 7) is 0. The molecule has 0 spiro atoms. The molecule has 0 bridgehead atoms. The molecule has 4 nitrogen and oxygen atoms in total. The molecule has 2 rings (SSSR count). The first-order valence-electron chi connectivity index (χ1n) is 3.79. The third-order valence-electron chi connectivity index (χ3n) is 1.68. The van der Waals surface area contributed by atoms with Crippen LogP contribution in [0, 0.1) is 11.6 Å². The monoisotopic (exact) mass is 196 g/mol. The molecular weight excluding hydrogens is 190 g/mol. The molecule has 1 heterocycles. The van der Waals surface area contributed by atoms with E-state index in [4.69, 9.17) is 5.73 Å². The van der Waals surface area contributed by atoms with E-state index in [1.165, 1.54) is 17.1 Å². The van der Waals surface area contributed by atoms with E-state index in [0.29, 0.717) is 5.69 Å². The van der Waals surface area contributed by atoms with Crippen molar-refractivity contribution >= 4 is 5.95 Å². The van der Waals surface area contributed by atoms with Gasteiger partial charge in [0.15, 0.2) is 11.6 Å². The fourth-order valence-corrected chi connectivity index (χ4v) is 1.03. The summed E-state index contributed by atoms with van der Waals surface area (Å²) in [6, 6.07) is 3.42. The summed E-state index contributed by atoms with van der Waals surface area (Å²) >= 11 is 0. The number of rotatable bonds is 1. The quantitative estimate of drug-likeness (QED) is 0.743. The van der Waals surface area contributed by atoms with Gasteiger partial charge < -0.3 is 5.73 Å². The van der Waals surface area contributed by atoms with Gasteiger partial charge in [-0.2, -0.15) is 0 Å². The summed E-state index contributed by atoms with van der Waals surface area (Å²) in [7, 11) is 0. The smallest absolute Gasteiger partial charge is 0.239 e. The van der Waals surface area contributed by atoms with Crippen LogP contribution in [0.15, 0.2) is 24.5 Å². The molecule has 0 unspecified atom stereocenters. The third-order valence-corrected chi connectivity index (χ3v) is 1.68. The molecule has 0 saturated carbocycles. The summed E-state index contributed by atoms with van der Waals surface area (Å²) in [6.07, 6.45) is 1.32. The lowest BCUT2D eigenvalue weighted by Crippen LogP contribution is -1.97. The molecule has 1 aromatic carbocycles. The highest BCUT2D eigenvalue weighted by molar-refractivity contribution is 5.32. The van der Waals surface area contributed by atoms with Crippen LogP contribution in [0.1, 0.15) is 0 Å². The number of nitrogen functional groups attached to an aromatic ring is 1. The fraction of sp³-hybridized carbons (Fsp3) is 0. The number of hydrogen-bond donors (Lipinski definition) is 1. The van der Waals surface area contributed by atoms with E-state index in [0.717, 1.165) is 12.1 Å². The number of hydrogen-bond acceptors (Lipinski definition) is 3. The van der Waals surface area contributed by atoms with Gasteiger partial charge in [0, 0.05) is 6.07 Å². The molecule has 0 fully saturated rings. The van der Waals surface area contributed by atoms with Crippen LogP contribution in [0.4, 0.5) is 14.7 Å². The molecule has 0 atom stereocenters. The highest BCUT2D eigenvalue weighted by atomic mass is 19.2. The van der Waals surface area contributed by atoms with Crippen molar-refractivity contribution in [2.75, 3.05) is 5.73 Å². The lowest BCUT2D eigenvalue weighted by Gasteiger charge is -1.99. The summed E-state index contributed by atoms with van der Waals surface area (Å²) < 4.78 is 26.6. The van der Waals surface area contributed by atoms with Crippen molar-refractivity contribution in [1.29, 1.82) is 0 Å². The molecule has 0 saturated heterocycles. The minimum absolute atomic E-state index is 0.0785. The van der Waals surface area contributed by atoms with Gasteiger partial charge in [0.2, 0.25) is 5.95 Å². The second-order valence-electron chi connectivity index (χ2n) is 2.65. The third kappa shape index (κ3) is 1.41. The van der Waals surface area contributed by atoms with Gasteiger partial charge >= 0.3 is 0 Å². The summed E-state index contributed by atoms with van der Waals surface area (Å²) in [5, 5.41) is 3.75. The molecule has 1 aromatic heterocycles. The Morgan fingerprint density at radius 2 is 2.00 bits per heavy atom. The van der Waals surface area contributed by atoms with Crippen LogP contribution in [-0.4, -0.2) is 14.8 Å². The minimum Gasteiger partial charge on any atom is -0.366 e. The van der Waals surface area contributed by atoms with Gasteiger partial charge in [-0.1, -0.05) is 0 Å². The maximum Gasteiger partial charge on any atom is 0.239 e. The standard InChI is InChI=1S/C8H6F2N4/c9-6-2-1-5(3-7(6)10)14-4-12-8(11)13-14/h1-4H,(H2,11,13). The zero-order chi connectivity index (χ0) is 10.1. The normalized spacial score (nSPS) is 10.4. The molecule has 2 N–H and O–H groups in total. The Morgan fingerprint density at radius 1 is 1.21 bits per heavy atom. The van der Waals surface area contributed by atoms with Gasteiger partial charge in [0.05, 0.1) is 5.69 Å². The second kappa shape index (κ2) is 3.06. The van der Waals surface area contributed by atoms with Crippen LogP contribution in [-0.2, 0) is 0 Å². The van der Waals surface area contributed by atoms with Gasteiger partial charge in [-0.25, -0.2) is 18.4 Å². The van der Waals surface area contributed by atoms with Crippen molar-refractivity contribution < 1.29 is 8.78 Å². The molecule has 14 heavy (non-hydrogen) atoms. The molecule has 0 amide bonds. The Balaban J connectivity index is 2.47. The van der Waals surface area contributed by atoms with Crippen molar-refractivity contribution in [1.82, 2.24) is 14.8 Å². The number of benzene rings is 1. The first-order chi connectivity index (χ1) is 6.66. The number of nitrogens with zero attached hydrogens (tertiary/aromatic N) is 3. The van der Waals surface area contributed by atoms with Crippen LogP contribution < -0.4 is 5.73 Å². The van der Waals surface area contributed by atoms with Gasteiger partial charge in [0.25, 0.3) is 0 Å². The van der Waals surface area contributed by atoms with Crippen molar-refractivity contribution in [2.24, 2.45) is 0 Å². The first kappa shape index (κ1) is 8.61. The van der Waals surface area contributed by atoms with Gasteiger partial charge in [-0.3, -0.25) is 0 Å². The molecule has 0 aliphatic heterocycles. The van der Waals surface area contributed by atoms with Crippen LogP contribution >= 0.6 is 0 Å². The average Bonchev–Trinajstić information content (AvgIpc) is 2.57. The fourth-order valence-electron chi connectivity index (χ4n) is 1.03. The number of anilines is 1. The lowest BCUT2D eigenvalue weighted by molar-refractivity contribution is 0.507. The summed E-state index contributed by atoms with van der Waals surface area (Å²) in [5.41, 5.74) is 5.64. The second-order valence-corrected chi connectivity index (χ2v) is 2.65. The molecule has 0 aliphatic carbocycles. The molecular formula is C8H6F2N4. The number of aromatic nitrogens is 3. The minimum atomic E-state index is -0.934. The lowest BCUT2D eigenvalue weighted by atomic mass is 10.3. The number of nitrogens with two attached hydrogens (primary N) is 1. The van der Waals surface area contributed by atoms with E-state index in [1.807, 2.05) is 0 Å². The maximum absolute atomic E-state index is 12.8. The van der Waals surface area contributed by atoms with Crippen molar-refractivity contribution in [3.8, 4) is 5.69 Å². The van der Waals surface area contributed by atoms with E-state index >= 15 is 0 Å². The summed E-state index contributed by atoms with van der Waals surface area (Å²) in [4.78, 5) is 3.66. The van der Waals surface area contributed by atoms with E-state index in [9.17, 15) is 8.78 Å². The number of halogens is 2. The van der Waals surface area contributed by atoms with Crippen molar-refractivity contribution in [3.05, 3.63) is 36.2 Å². The maximum atomic E-state index is 12.8. The zero-order valence-electron chi connectivity index (χ0n) is 6.98. The van der Waals surface area contributed by atoms with Crippen LogP contribution in [0.3, 0.4) is 0 Å². The summed E-state index contributed by atoms with van der Waals surface area (Å²) in [5.74, 6) is -1.76. The molecule has 0 radical (unpaired) electrons. The van der Waals surface area contributed by atoms with Crippen molar-refractivity contribution in [3.63, 3.8) is 0 Å². The van der Waals surface area contributed by atoms with E-state index in [1.54, 1.807) is 0 Å². The van der Waals surface area contributed by atoms with Gasteiger partial charge in [-0.05, 0) is 12.1 Å². The SMILES string of the molecule is Nc1ncn(-c2ccc(F)c(F)c2)n1. The van der Waals surface area contributed by atoms with Crippen LogP contribution in [0.25, 0.3) is 5.69 Å². The Kier molecular flexibility index (Phi) is 1.88. The molecule has 0 aliphatic rings. The predicted octanol–water partition coefficient (Wildman–Crippen LogP) is 1.13. The zero-order valence-corrected chi connectivity index (χ0v) is 6.98. The molecule has 72 valence electrons. The molecule has 6 heteroatoms. The predicted molar refractivity (Wildman–Crippen MR) is 45.7 cm³/mol. The van der Waals surface area contributed by atoms with Crippen LogP contribution in [0.5, 0.6) is 0 Å². The topological polar surface area (TPSA) is 56.7 Å². The van der Waals surface area contributed by atoms with Gasteiger partial charge in [-0.15, -0.1) is 5.10 Å². The van der Waals surface area contributed by atoms with E-state index in [2.05, 4.69) is 10.1 Å². The average molecular weight is 196 g/mol. The Morgan fingerprint density at radius 3 is 2.57 bits per heavy atom. The Labute approximate surface area is 78.0 Å². The van der Waals surface area contributed by atoms with Crippen molar-refractivity contribution in [2.45, 2.75) is 0 Å². The Hall–Kier alpha value is -1.98. The molecule has 2 aromatic rings. The Bertz CT molecular complexity index is 466.